The Kier molecular flexibility index (Phi) is 5.12. The highest BCUT2D eigenvalue weighted by atomic mass is 35.5. The Morgan fingerprint density at radius 3 is 2.57 bits per heavy atom. The molecule has 5 nitrogen and oxygen atoms in total. The third kappa shape index (κ3) is 3.69. The van der Waals surface area contributed by atoms with Crippen LogP contribution in [0.4, 0.5) is 0 Å². The van der Waals surface area contributed by atoms with Crippen LogP contribution in [0.25, 0.3) is 0 Å². The number of rotatable bonds is 4. The highest BCUT2D eigenvalue weighted by Gasteiger charge is 2.12. The first-order valence-electron chi connectivity index (χ1n) is 5.72. The Balaban J connectivity index is 2.26. The SMILES string of the molecule is NC(=NO)c1ncccc1COc1c(Cl)cc(Cl)cc1Cl. The van der Waals surface area contributed by atoms with Gasteiger partial charge in [0.05, 0.1) is 10.0 Å². The van der Waals surface area contributed by atoms with Gasteiger partial charge in [0.1, 0.15) is 12.3 Å². The largest absolute Gasteiger partial charge is 0.486 e. The van der Waals surface area contributed by atoms with Crippen molar-refractivity contribution >= 4 is 40.6 Å². The van der Waals surface area contributed by atoms with Gasteiger partial charge in [-0.15, -0.1) is 0 Å². The molecular formula is C13H10Cl3N3O2. The number of hydrogen-bond donors (Lipinski definition) is 2. The minimum Gasteiger partial charge on any atom is -0.486 e. The zero-order chi connectivity index (χ0) is 15.4. The third-order valence-corrected chi connectivity index (χ3v) is 3.36. The number of pyridine rings is 1. The normalized spacial score (nSPS) is 11.5. The number of nitrogens with two attached hydrogens (primary N) is 1. The van der Waals surface area contributed by atoms with Crippen molar-refractivity contribution in [1.82, 2.24) is 4.98 Å². The molecule has 0 atom stereocenters. The van der Waals surface area contributed by atoms with Crippen LogP contribution >= 0.6 is 34.8 Å². The van der Waals surface area contributed by atoms with Gasteiger partial charge in [0.15, 0.2) is 11.6 Å². The molecule has 0 radical (unpaired) electrons. The number of halogens is 3. The molecule has 0 amide bonds. The summed E-state index contributed by atoms with van der Waals surface area (Å²) in [5.74, 6) is 0.194. The lowest BCUT2D eigenvalue weighted by Crippen LogP contribution is -2.18. The molecule has 0 saturated heterocycles. The van der Waals surface area contributed by atoms with Crippen molar-refractivity contribution < 1.29 is 9.94 Å². The van der Waals surface area contributed by atoms with Crippen LogP contribution in [0.15, 0.2) is 35.6 Å². The predicted molar refractivity (Wildman–Crippen MR) is 82.6 cm³/mol. The molecule has 110 valence electrons. The van der Waals surface area contributed by atoms with E-state index in [2.05, 4.69) is 10.1 Å². The Labute approximate surface area is 135 Å². The lowest BCUT2D eigenvalue weighted by Gasteiger charge is -2.12. The van der Waals surface area contributed by atoms with Crippen LogP contribution in [0, 0.1) is 0 Å². The molecule has 8 heteroatoms. The van der Waals surface area contributed by atoms with Gasteiger partial charge in [-0.1, -0.05) is 46.0 Å². The van der Waals surface area contributed by atoms with Crippen LogP contribution < -0.4 is 10.5 Å². The predicted octanol–water partition coefficient (Wildman–Crippen LogP) is 3.72. The van der Waals surface area contributed by atoms with Crippen LogP contribution in [-0.2, 0) is 6.61 Å². The molecule has 2 rings (SSSR count). The Morgan fingerprint density at radius 2 is 1.95 bits per heavy atom. The smallest absolute Gasteiger partial charge is 0.189 e. The lowest BCUT2D eigenvalue weighted by atomic mass is 10.2. The van der Waals surface area contributed by atoms with Gasteiger partial charge in [-0.3, -0.25) is 4.98 Å². The molecule has 0 fully saturated rings. The van der Waals surface area contributed by atoms with Crippen molar-refractivity contribution in [2.24, 2.45) is 10.9 Å². The highest BCUT2D eigenvalue weighted by Crippen LogP contribution is 2.36. The summed E-state index contributed by atoms with van der Waals surface area (Å²) in [5.41, 5.74) is 6.50. The number of ether oxygens (including phenoxy) is 1. The fourth-order valence-corrected chi connectivity index (χ4v) is 2.58. The van der Waals surface area contributed by atoms with Gasteiger partial charge in [-0.2, -0.15) is 0 Å². The van der Waals surface area contributed by atoms with Gasteiger partial charge in [0.25, 0.3) is 0 Å². The van der Waals surface area contributed by atoms with E-state index in [0.29, 0.717) is 32.1 Å². The van der Waals surface area contributed by atoms with E-state index in [4.69, 9.17) is 50.5 Å². The zero-order valence-corrected chi connectivity index (χ0v) is 12.8. The van der Waals surface area contributed by atoms with Gasteiger partial charge in [0.2, 0.25) is 0 Å². The third-order valence-electron chi connectivity index (χ3n) is 2.58. The highest BCUT2D eigenvalue weighted by molar-refractivity contribution is 6.40. The molecule has 0 aliphatic heterocycles. The minimum atomic E-state index is -0.109. The van der Waals surface area contributed by atoms with Crippen LogP contribution in [0.3, 0.4) is 0 Å². The second-order valence-electron chi connectivity index (χ2n) is 3.98. The van der Waals surface area contributed by atoms with Gasteiger partial charge < -0.3 is 15.7 Å². The molecular weight excluding hydrogens is 337 g/mol. The molecule has 0 saturated carbocycles. The van der Waals surface area contributed by atoms with E-state index in [1.165, 1.54) is 18.3 Å². The van der Waals surface area contributed by atoms with Crippen LogP contribution in [0.1, 0.15) is 11.3 Å². The molecule has 3 N–H and O–H groups in total. The van der Waals surface area contributed by atoms with Crippen molar-refractivity contribution in [1.29, 1.82) is 0 Å². The minimum absolute atomic E-state index is 0.0977. The maximum atomic E-state index is 8.74. The number of oxime groups is 1. The molecule has 0 bridgehead atoms. The van der Waals surface area contributed by atoms with E-state index in [0.717, 1.165) is 0 Å². The van der Waals surface area contributed by atoms with Crippen molar-refractivity contribution in [2.75, 3.05) is 0 Å². The summed E-state index contributed by atoms with van der Waals surface area (Å²) in [6.45, 7) is 0.0977. The molecule has 0 spiro atoms. The van der Waals surface area contributed by atoms with E-state index in [1.807, 2.05) is 0 Å². The summed E-state index contributed by atoms with van der Waals surface area (Å²) in [4.78, 5) is 4.04. The first-order valence-corrected chi connectivity index (χ1v) is 6.85. The fourth-order valence-electron chi connectivity index (χ4n) is 1.65. The molecule has 2 aromatic rings. The maximum absolute atomic E-state index is 8.74. The summed E-state index contributed by atoms with van der Waals surface area (Å²) >= 11 is 17.9. The van der Waals surface area contributed by atoms with Crippen molar-refractivity contribution in [3.8, 4) is 5.75 Å². The molecule has 0 unspecified atom stereocenters. The van der Waals surface area contributed by atoms with Gasteiger partial charge in [-0.05, 0) is 18.2 Å². The molecule has 0 aliphatic carbocycles. The number of nitrogens with zero attached hydrogens (tertiary/aromatic N) is 2. The van der Waals surface area contributed by atoms with Crippen LogP contribution in [0.5, 0.6) is 5.75 Å². The quantitative estimate of drug-likeness (QED) is 0.383. The Morgan fingerprint density at radius 1 is 1.29 bits per heavy atom. The topological polar surface area (TPSA) is 80.7 Å². The number of hydrogen-bond acceptors (Lipinski definition) is 4. The van der Waals surface area contributed by atoms with Crippen LogP contribution in [0.2, 0.25) is 15.1 Å². The zero-order valence-electron chi connectivity index (χ0n) is 10.6. The van der Waals surface area contributed by atoms with E-state index in [1.54, 1.807) is 12.1 Å². The number of aromatic nitrogens is 1. The second kappa shape index (κ2) is 6.85. The molecule has 1 aromatic heterocycles. The average molecular weight is 347 g/mol. The monoisotopic (exact) mass is 345 g/mol. The Hall–Kier alpha value is -1.69. The summed E-state index contributed by atoms with van der Waals surface area (Å²) in [5, 5.41) is 12.7. The molecule has 1 heterocycles. The van der Waals surface area contributed by atoms with E-state index < -0.39 is 0 Å². The Bertz CT molecular complexity index is 669. The van der Waals surface area contributed by atoms with E-state index >= 15 is 0 Å². The van der Waals surface area contributed by atoms with E-state index in [-0.39, 0.29) is 12.4 Å². The van der Waals surface area contributed by atoms with Gasteiger partial charge in [0, 0.05) is 16.8 Å². The first-order chi connectivity index (χ1) is 10.0. The maximum Gasteiger partial charge on any atom is 0.189 e. The van der Waals surface area contributed by atoms with Crippen molar-refractivity contribution in [3.05, 3.63) is 56.8 Å². The number of amidine groups is 1. The molecule has 1 aromatic carbocycles. The second-order valence-corrected chi connectivity index (χ2v) is 5.23. The van der Waals surface area contributed by atoms with Crippen molar-refractivity contribution in [2.45, 2.75) is 6.61 Å². The summed E-state index contributed by atoms with van der Waals surface area (Å²) in [6.07, 6.45) is 1.53. The standard InChI is InChI=1S/C13H10Cl3N3O2/c14-8-4-9(15)12(10(16)5-8)21-6-7-2-1-3-18-11(7)13(17)19-20/h1-5,20H,6H2,(H2,17,19). The van der Waals surface area contributed by atoms with E-state index in [9.17, 15) is 0 Å². The van der Waals surface area contributed by atoms with Gasteiger partial charge in [-0.25, -0.2) is 0 Å². The fraction of sp³-hybridized carbons (Fsp3) is 0.0769. The first kappa shape index (κ1) is 15.7. The number of benzene rings is 1. The summed E-state index contributed by atoms with van der Waals surface area (Å²) in [7, 11) is 0. The summed E-state index contributed by atoms with van der Waals surface area (Å²) in [6, 6.07) is 6.49. The molecule has 0 aliphatic rings. The average Bonchev–Trinajstić information content (AvgIpc) is 2.45. The van der Waals surface area contributed by atoms with Crippen LogP contribution in [-0.4, -0.2) is 16.0 Å². The summed E-state index contributed by atoms with van der Waals surface area (Å²) < 4.78 is 5.59. The molecule has 21 heavy (non-hydrogen) atoms. The van der Waals surface area contributed by atoms with Crippen molar-refractivity contribution in [3.63, 3.8) is 0 Å². The lowest BCUT2D eigenvalue weighted by molar-refractivity contribution is 0.305. The van der Waals surface area contributed by atoms with Gasteiger partial charge >= 0.3 is 0 Å².